The highest BCUT2D eigenvalue weighted by Gasteiger charge is 2.17. The summed E-state index contributed by atoms with van der Waals surface area (Å²) in [7, 11) is 1.53. The first kappa shape index (κ1) is 21.2. The summed E-state index contributed by atoms with van der Waals surface area (Å²) in [6, 6.07) is 10.1. The minimum Gasteiger partial charge on any atom is -0.496 e. The molecule has 2 aromatic carbocycles. The molecule has 0 aliphatic rings. The van der Waals surface area contributed by atoms with Crippen LogP contribution in [-0.2, 0) is 16.1 Å². The van der Waals surface area contributed by atoms with Gasteiger partial charge in [0.15, 0.2) is 6.10 Å². The molecular weight excluding hydrogens is 367 g/mol. The van der Waals surface area contributed by atoms with Gasteiger partial charge in [-0.05, 0) is 56.3 Å². The van der Waals surface area contributed by atoms with Crippen LogP contribution in [0.3, 0.4) is 0 Å². The van der Waals surface area contributed by atoms with E-state index in [1.165, 1.54) is 38.3 Å². The third-order valence-corrected chi connectivity index (χ3v) is 3.80. The average Bonchev–Trinajstić information content (AvgIpc) is 2.71. The number of amides is 2. The number of rotatable bonds is 8. The molecule has 0 bridgehead atoms. The quantitative estimate of drug-likeness (QED) is 0.677. The Kier molecular flexibility index (Phi) is 7.76. The van der Waals surface area contributed by atoms with Gasteiger partial charge < -0.3 is 14.2 Å². The molecule has 0 fully saturated rings. The van der Waals surface area contributed by atoms with E-state index in [1.807, 2.05) is 6.92 Å². The first-order valence-electron chi connectivity index (χ1n) is 8.71. The Labute approximate surface area is 162 Å². The molecule has 0 aliphatic heterocycles. The lowest BCUT2D eigenvalue weighted by atomic mass is 10.1. The number of carbonyl (C=O) groups is 2. The van der Waals surface area contributed by atoms with Crippen LogP contribution in [0.15, 0.2) is 42.5 Å². The molecule has 2 aromatic rings. The number of methoxy groups -OCH3 is 1. The van der Waals surface area contributed by atoms with E-state index in [-0.39, 0.29) is 0 Å². The zero-order valence-corrected chi connectivity index (χ0v) is 16.0. The largest absolute Gasteiger partial charge is 0.496 e. The summed E-state index contributed by atoms with van der Waals surface area (Å²) in [6.45, 7) is 4.21. The zero-order valence-electron chi connectivity index (χ0n) is 16.0. The Morgan fingerprint density at radius 3 is 2.46 bits per heavy atom. The molecule has 0 unspecified atom stereocenters. The van der Waals surface area contributed by atoms with Crippen molar-refractivity contribution in [3.05, 3.63) is 59.4 Å². The van der Waals surface area contributed by atoms with Gasteiger partial charge in [0.1, 0.15) is 17.3 Å². The maximum absolute atomic E-state index is 12.9. The predicted octanol–water partition coefficient (Wildman–Crippen LogP) is 2.60. The average molecular weight is 390 g/mol. The van der Waals surface area contributed by atoms with Crippen LogP contribution in [0, 0.1) is 5.82 Å². The van der Waals surface area contributed by atoms with E-state index in [2.05, 4.69) is 10.9 Å². The van der Waals surface area contributed by atoms with Crippen LogP contribution in [0.4, 0.5) is 4.39 Å². The van der Waals surface area contributed by atoms with E-state index < -0.39 is 23.7 Å². The molecule has 7 nitrogen and oxygen atoms in total. The van der Waals surface area contributed by atoms with Crippen molar-refractivity contribution >= 4 is 11.8 Å². The first-order valence-corrected chi connectivity index (χ1v) is 8.71. The van der Waals surface area contributed by atoms with Crippen molar-refractivity contribution in [2.24, 2.45) is 0 Å². The maximum Gasteiger partial charge on any atom is 0.279 e. The van der Waals surface area contributed by atoms with Gasteiger partial charge in [-0.1, -0.05) is 0 Å². The van der Waals surface area contributed by atoms with E-state index in [1.54, 1.807) is 18.2 Å². The molecule has 0 saturated heterocycles. The smallest absolute Gasteiger partial charge is 0.279 e. The van der Waals surface area contributed by atoms with Crippen molar-refractivity contribution in [3.8, 4) is 11.5 Å². The molecule has 2 N–H and O–H groups in total. The normalized spacial score (nSPS) is 11.4. The second-order valence-corrected chi connectivity index (χ2v) is 5.82. The number of benzene rings is 2. The van der Waals surface area contributed by atoms with Gasteiger partial charge in [-0.25, -0.2) is 4.39 Å². The van der Waals surface area contributed by atoms with Crippen LogP contribution in [0.5, 0.6) is 11.5 Å². The summed E-state index contributed by atoms with van der Waals surface area (Å²) in [5, 5.41) is 0. The minimum absolute atomic E-state index is 0.301. The Morgan fingerprint density at radius 1 is 1.11 bits per heavy atom. The lowest BCUT2D eigenvalue weighted by Gasteiger charge is -2.15. The van der Waals surface area contributed by atoms with Crippen molar-refractivity contribution in [1.82, 2.24) is 10.9 Å². The summed E-state index contributed by atoms with van der Waals surface area (Å²) >= 11 is 0. The molecule has 0 heterocycles. The Bertz CT molecular complexity index is 811. The molecule has 8 heteroatoms. The summed E-state index contributed by atoms with van der Waals surface area (Å²) in [4.78, 5) is 24.4. The number of hydrogen-bond acceptors (Lipinski definition) is 5. The van der Waals surface area contributed by atoms with E-state index in [0.29, 0.717) is 30.3 Å². The van der Waals surface area contributed by atoms with Gasteiger partial charge in [0.25, 0.3) is 11.8 Å². The molecular formula is C20H23FN2O5. The van der Waals surface area contributed by atoms with Gasteiger partial charge in [-0.2, -0.15) is 0 Å². The van der Waals surface area contributed by atoms with Crippen LogP contribution in [0.1, 0.15) is 29.8 Å². The predicted molar refractivity (Wildman–Crippen MR) is 100 cm³/mol. The number of hydrazine groups is 1. The number of nitrogens with one attached hydrogen (secondary N) is 2. The van der Waals surface area contributed by atoms with E-state index in [4.69, 9.17) is 14.2 Å². The van der Waals surface area contributed by atoms with Crippen LogP contribution in [0.25, 0.3) is 0 Å². The summed E-state index contributed by atoms with van der Waals surface area (Å²) in [6.07, 6.45) is -0.893. The Balaban J connectivity index is 1.93. The molecule has 28 heavy (non-hydrogen) atoms. The Morgan fingerprint density at radius 2 is 1.82 bits per heavy atom. The second kappa shape index (κ2) is 10.3. The van der Waals surface area contributed by atoms with Gasteiger partial charge in [-0.15, -0.1) is 0 Å². The topological polar surface area (TPSA) is 85.9 Å². The van der Waals surface area contributed by atoms with Crippen molar-refractivity contribution in [2.75, 3.05) is 13.7 Å². The molecule has 0 aliphatic carbocycles. The number of halogens is 1. The number of hydrogen-bond donors (Lipinski definition) is 2. The third-order valence-electron chi connectivity index (χ3n) is 3.80. The fraction of sp³-hybridized carbons (Fsp3) is 0.300. The lowest BCUT2D eigenvalue weighted by molar-refractivity contribution is -0.128. The highest BCUT2D eigenvalue weighted by atomic mass is 19.1. The molecule has 1 atom stereocenters. The standard InChI is InChI=1S/C20H23FN2O5/c1-4-27-12-15-11-14(5-10-18(15)26-3)20(25)23-22-19(24)13(2)28-17-8-6-16(21)7-9-17/h5-11,13H,4,12H2,1-3H3,(H,22,24)(H,23,25)/t13-/m1/s1. The van der Waals surface area contributed by atoms with Crippen LogP contribution in [0.2, 0.25) is 0 Å². The fourth-order valence-electron chi connectivity index (χ4n) is 2.31. The van der Waals surface area contributed by atoms with Crippen molar-refractivity contribution in [2.45, 2.75) is 26.6 Å². The summed E-state index contributed by atoms with van der Waals surface area (Å²) in [5.41, 5.74) is 5.69. The molecule has 2 rings (SSSR count). The van der Waals surface area contributed by atoms with Gasteiger partial charge in [0, 0.05) is 17.7 Å². The molecule has 150 valence electrons. The first-order chi connectivity index (χ1) is 13.4. The maximum atomic E-state index is 12.9. The summed E-state index contributed by atoms with van der Waals surface area (Å²) < 4.78 is 28.9. The van der Waals surface area contributed by atoms with E-state index >= 15 is 0 Å². The fourth-order valence-corrected chi connectivity index (χ4v) is 2.31. The zero-order chi connectivity index (χ0) is 20.5. The van der Waals surface area contributed by atoms with Crippen LogP contribution in [-0.4, -0.2) is 31.6 Å². The lowest BCUT2D eigenvalue weighted by Crippen LogP contribution is -2.47. The SMILES string of the molecule is CCOCc1cc(C(=O)NNC(=O)[C@@H](C)Oc2ccc(F)cc2)ccc1OC. The molecule has 0 aromatic heterocycles. The number of ether oxygens (including phenoxy) is 3. The Hall–Kier alpha value is -3.13. The van der Waals surface area contributed by atoms with Gasteiger partial charge in [0.05, 0.1) is 13.7 Å². The molecule has 0 spiro atoms. The molecule has 0 radical (unpaired) electrons. The second-order valence-electron chi connectivity index (χ2n) is 5.82. The molecule has 0 saturated carbocycles. The van der Waals surface area contributed by atoms with E-state index in [0.717, 1.165) is 5.56 Å². The van der Waals surface area contributed by atoms with Crippen LogP contribution >= 0.6 is 0 Å². The van der Waals surface area contributed by atoms with E-state index in [9.17, 15) is 14.0 Å². The van der Waals surface area contributed by atoms with Crippen molar-refractivity contribution in [1.29, 1.82) is 0 Å². The third kappa shape index (κ3) is 5.95. The van der Waals surface area contributed by atoms with Crippen LogP contribution < -0.4 is 20.3 Å². The minimum atomic E-state index is -0.893. The van der Waals surface area contributed by atoms with Gasteiger partial charge in [-0.3, -0.25) is 20.4 Å². The highest BCUT2D eigenvalue weighted by molar-refractivity contribution is 5.96. The monoisotopic (exact) mass is 390 g/mol. The molecule has 2 amide bonds. The van der Waals surface area contributed by atoms with Gasteiger partial charge in [0.2, 0.25) is 0 Å². The van der Waals surface area contributed by atoms with Gasteiger partial charge >= 0.3 is 0 Å². The van der Waals surface area contributed by atoms with Crippen molar-refractivity contribution in [3.63, 3.8) is 0 Å². The highest BCUT2D eigenvalue weighted by Crippen LogP contribution is 2.21. The number of carbonyl (C=O) groups excluding carboxylic acids is 2. The van der Waals surface area contributed by atoms with Crippen molar-refractivity contribution < 1.29 is 28.2 Å². The summed E-state index contributed by atoms with van der Waals surface area (Å²) in [5.74, 6) is -0.509.